The third-order valence-corrected chi connectivity index (χ3v) is 25.9. The number of nitrogens with one attached hydrogen (secondary N) is 1. The van der Waals surface area contributed by atoms with Crippen molar-refractivity contribution in [3.05, 3.63) is 58.7 Å². The molecule has 3 aliphatic heterocycles. The van der Waals surface area contributed by atoms with Gasteiger partial charge in [0.1, 0.15) is 0 Å². The lowest BCUT2D eigenvalue weighted by Gasteiger charge is -2.48. The molecule has 13 rings (SSSR count). The van der Waals surface area contributed by atoms with Gasteiger partial charge in [0.05, 0.1) is 58.0 Å². The molecule has 3 saturated heterocycles. The van der Waals surface area contributed by atoms with Crippen molar-refractivity contribution in [1.82, 2.24) is 10.2 Å². The first kappa shape index (κ1) is 48.3. The molecule has 11 fully saturated rings. The van der Waals surface area contributed by atoms with Crippen molar-refractivity contribution >= 4 is 11.8 Å². The van der Waals surface area contributed by atoms with Gasteiger partial charge in [0, 0.05) is 23.6 Å². The van der Waals surface area contributed by atoms with Crippen LogP contribution in [0.1, 0.15) is 201 Å². The summed E-state index contributed by atoms with van der Waals surface area (Å²) in [6.07, 6.45) is 34.8. The third-order valence-electron chi connectivity index (χ3n) is 24.2. The van der Waals surface area contributed by atoms with Gasteiger partial charge in [0.2, 0.25) is 0 Å². The summed E-state index contributed by atoms with van der Waals surface area (Å²) >= 11 is 2.05. The predicted molar refractivity (Wildman–Crippen MR) is 287 cm³/mol. The molecule has 0 aromatic heterocycles. The van der Waals surface area contributed by atoms with Crippen molar-refractivity contribution in [2.75, 3.05) is 7.05 Å². The Morgan fingerprint density at radius 2 is 0.986 bits per heavy atom. The summed E-state index contributed by atoms with van der Waals surface area (Å²) in [7, 11) is 2.24. The van der Waals surface area contributed by atoms with Crippen LogP contribution >= 0.6 is 11.8 Å². The highest BCUT2D eigenvalue weighted by Crippen LogP contribution is 2.64. The zero-order valence-electron chi connectivity index (χ0n) is 43.7. The SMILES string of the molecule is CN1C(c2c(C#N)cc(-c3ccc(C4C5CCCCC5C5CCCCC54)cc3)cc2C#N)CCC2C3CCC(C4C(C#N)CC(C5CCC(C6C7CCCCC7C7CCCCC76)CC5)CC4C#N)NC3SC21. The molecule has 8 saturated carbocycles. The van der Waals surface area contributed by atoms with Gasteiger partial charge in [0.25, 0.3) is 0 Å². The van der Waals surface area contributed by atoms with Gasteiger partial charge in [-0.15, -0.1) is 11.8 Å². The van der Waals surface area contributed by atoms with Crippen molar-refractivity contribution in [3.8, 4) is 35.4 Å². The molecular weight excluding hydrogens is 897 g/mol. The quantitative estimate of drug-likeness (QED) is 0.307. The summed E-state index contributed by atoms with van der Waals surface area (Å²) in [5.41, 5.74) is 5.80. The van der Waals surface area contributed by atoms with Crippen LogP contribution in [0.25, 0.3) is 11.1 Å². The van der Waals surface area contributed by atoms with E-state index in [0.29, 0.717) is 51.5 Å². The lowest BCUT2D eigenvalue weighted by Crippen LogP contribution is -2.53. The van der Waals surface area contributed by atoms with Crippen molar-refractivity contribution < 1.29 is 0 Å². The summed E-state index contributed by atoms with van der Waals surface area (Å²) in [6.45, 7) is 0. The molecule has 2 aromatic carbocycles. The monoisotopic (exact) mass is 981 g/mol. The van der Waals surface area contributed by atoms with Gasteiger partial charge in [-0.2, -0.15) is 21.0 Å². The minimum absolute atomic E-state index is 0.00692. The highest BCUT2D eigenvalue weighted by Gasteiger charge is 2.57. The zero-order chi connectivity index (χ0) is 48.6. The molecule has 0 radical (unpaired) electrons. The first-order chi connectivity index (χ1) is 35.4. The second kappa shape index (κ2) is 20.3. The summed E-state index contributed by atoms with van der Waals surface area (Å²) in [6, 6.07) is 24.6. The van der Waals surface area contributed by atoms with E-state index in [0.717, 1.165) is 114 Å². The Bertz CT molecular complexity index is 2360. The predicted octanol–water partition coefficient (Wildman–Crippen LogP) is 15.3. The van der Waals surface area contributed by atoms with Gasteiger partial charge in [-0.05, 0) is 240 Å². The first-order valence-corrected chi connectivity index (χ1v) is 31.4. The smallest absolute Gasteiger partial charge is 0.0995 e. The summed E-state index contributed by atoms with van der Waals surface area (Å²) in [5.74, 6) is 12.4. The van der Waals surface area contributed by atoms with Gasteiger partial charge in [-0.3, -0.25) is 4.90 Å². The van der Waals surface area contributed by atoms with Gasteiger partial charge >= 0.3 is 0 Å². The molecule has 3 heterocycles. The lowest BCUT2D eigenvalue weighted by atomic mass is 9.58. The van der Waals surface area contributed by atoms with Crippen LogP contribution in [0.4, 0.5) is 0 Å². The summed E-state index contributed by atoms with van der Waals surface area (Å²) < 4.78 is 0. The second-order valence-electron chi connectivity index (χ2n) is 26.7. The fourth-order valence-electron chi connectivity index (χ4n) is 21.5. The normalized spacial score (nSPS) is 45.6. The number of thioether (sulfide) groups is 1. The Kier molecular flexibility index (Phi) is 13.6. The Labute approximate surface area is 438 Å². The van der Waals surface area contributed by atoms with Gasteiger partial charge in [0.15, 0.2) is 0 Å². The highest BCUT2D eigenvalue weighted by atomic mass is 32.2. The zero-order valence-corrected chi connectivity index (χ0v) is 44.5. The van der Waals surface area contributed by atoms with Crippen LogP contribution in [0.2, 0.25) is 0 Å². The Morgan fingerprint density at radius 1 is 0.486 bits per heavy atom. The maximum atomic E-state index is 10.9. The molecule has 0 spiro atoms. The number of likely N-dealkylation sites (tertiary alicyclic amines) is 1. The van der Waals surface area contributed by atoms with E-state index in [9.17, 15) is 21.0 Å². The molecule has 1 N–H and O–H groups in total. The largest absolute Gasteiger partial charge is 0.302 e. The van der Waals surface area contributed by atoms with Crippen LogP contribution in [0, 0.1) is 146 Å². The van der Waals surface area contributed by atoms with Crippen molar-refractivity contribution in [3.63, 3.8) is 0 Å². The fourth-order valence-corrected chi connectivity index (χ4v) is 23.5. The number of benzene rings is 2. The standard InChI is InChI=1S/C65H84N6S/c1-71-59(61-46(36-68)32-43(33-47(61)37-69)39-20-24-41(25-21-39)63-54-16-8-4-12-50(54)51-13-5-9-17-55(51)63)29-27-57-56-26-28-58(70-64(56)72-65(57)71)60-44(34-66)30-42(31-45(60)35-67)38-18-22-40(23-19-38)62-52-14-6-2-10-48(52)49-11-3-7-15-53(49)62/h20-21,24-25,32-33,38,40,42,44-45,48-60,62-65,70H,2-19,22-23,26-31H2,1H3. The highest BCUT2D eigenvalue weighted by molar-refractivity contribution is 8.00. The summed E-state index contributed by atoms with van der Waals surface area (Å²) in [5, 5.41) is 48.2. The van der Waals surface area contributed by atoms with Crippen LogP contribution in [0.15, 0.2) is 36.4 Å². The number of hydrogen-bond donors (Lipinski definition) is 1. The van der Waals surface area contributed by atoms with Crippen LogP contribution in [0.5, 0.6) is 0 Å². The number of nitrogens with zero attached hydrogens (tertiary/aromatic N) is 5. The van der Waals surface area contributed by atoms with E-state index in [-0.39, 0.29) is 29.8 Å². The lowest BCUT2D eigenvalue weighted by molar-refractivity contribution is 0.0393. The molecule has 0 bridgehead atoms. The molecule has 8 aliphatic carbocycles. The summed E-state index contributed by atoms with van der Waals surface area (Å²) in [4.78, 5) is 2.52. The third kappa shape index (κ3) is 8.25. The maximum absolute atomic E-state index is 10.9. The van der Waals surface area contributed by atoms with Crippen LogP contribution in [0.3, 0.4) is 0 Å². The first-order valence-electron chi connectivity index (χ1n) is 30.5. The molecule has 6 nitrogen and oxygen atoms in total. The van der Waals surface area contributed by atoms with E-state index in [1.165, 1.54) is 134 Å². The average molecular weight is 981 g/mol. The van der Waals surface area contributed by atoms with E-state index < -0.39 is 0 Å². The van der Waals surface area contributed by atoms with E-state index in [2.05, 4.69) is 89.7 Å². The molecule has 7 heteroatoms. The van der Waals surface area contributed by atoms with Crippen molar-refractivity contribution in [1.29, 1.82) is 21.0 Å². The minimum atomic E-state index is -0.0580. The minimum Gasteiger partial charge on any atom is -0.302 e. The Hall–Kier alpha value is -3.33. The second-order valence-corrected chi connectivity index (χ2v) is 28.0. The fraction of sp³-hybridized carbons (Fsp3) is 0.754. The topological polar surface area (TPSA) is 110 Å². The van der Waals surface area contributed by atoms with E-state index >= 15 is 0 Å². The van der Waals surface area contributed by atoms with Crippen LogP contribution < -0.4 is 5.32 Å². The van der Waals surface area contributed by atoms with Gasteiger partial charge < -0.3 is 5.32 Å². The number of nitriles is 4. The average Bonchev–Trinajstić information content (AvgIpc) is 4.11. The van der Waals surface area contributed by atoms with Crippen LogP contribution in [-0.4, -0.2) is 28.7 Å². The van der Waals surface area contributed by atoms with Gasteiger partial charge in [-0.25, -0.2) is 0 Å². The van der Waals surface area contributed by atoms with E-state index in [1.54, 1.807) is 0 Å². The number of hydrogen-bond acceptors (Lipinski definition) is 7. The molecule has 380 valence electrons. The Balaban J connectivity index is 0.662. The molecule has 11 aliphatic rings. The molecular formula is C65H84N6S. The molecule has 16 atom stereocenters. The Morgan fingerprint density at radius 3 is 1.53 bits per heavy atom. The molecule has 16 unspecified atom stereocenters. The van der Waals surface area contributed by atoms with Crippen LogP contribution in [-0.2, 0) is 0 Å². The maximum Gasteiger partial charge on any atom is 0.0995 e. The van der Waals surface area contributed by atoms with E-state index in [4.69, 9.17) is 0 Å². The van der Waals surface area contributed by atoms with Crippen molar-refractivity contribution in [2.24, 2.45) is 101 Å². The molecule has 72 heavy (non-hydrogen) atoms. The number of fused-ring (bicyclic) bond motifs is 9. The molecule has 0 amide bonds. The molecule has 2 aromatic rings. The van der Waals surface area contributed by atoms with Gasteiger partial charge in [-0.1, -0.05) is 75.6 Å². The number of piperidine rings is 2. The van der Waals surface area contributed by atoms with E-state index in [1.807, 2.05) is 0 Å². The number of rotatable bonds is 6. The van der Waals surface area contributed by atoms with Crippen molar-refractivity contribution in [2.45, 2.75) is 196 Å².